The molecule has 1 atom stereocenters. The third-order valence-corrected chi connectivity index (χ3v) is 3.56. The van der Waals surface area contributed by atoms with Crippen LogP contribution in [0.3, 0.4) is 0 Å². The quantitative estimate of drug-likeness (QED) is 0.862. The van der Waals surface area contributed by atoms with Crippen LogP contribution in [0.5, 0.6) is 0 Å². The molecule has 0 aliphatic rings. The molecule has 5 nitrogen and oxygen atoms in total. The third-order valence-electron chi connectivity index (χ3n) is 3.56. The van der Waals surface area contributed by atoms with Crippen LogP contribution in [0.25, 0.3) is 0 Å². The van der Waals surface area contributed by atoms with Gasteiger partial charge in [-0.2, -0.15) is 0 Å². The molecule has 0 saturated heterocycles. The molecule has 7 heteroatoms. The second kappa shape index (κ2) is 7.50. The molecule has 1 aromatic rings. The van der Waals surface area contributed by atoms with Crippen molar-refractivity contribution in [2.75, 3.05) is 20.2 Å². The SMILES string of the molecule is CN(C(=O)CNC(=O)c1cc(F)cc(F)c1)[C@@H](CO)C(C)(C)C. The van der Waals surface area contributed by atoms with Crippen LogP contribution in [0.1, 0.15) is 31.1 Å². The first kappa shape index (κ1) is 19.0. The molecule has 0 radical (unpaired) electrons. The Morgan fingerprint density at radius 1 is 1.22 bits per heavy atom. The first-order valence-corrected chi connectivity index (χ1v) is 7.17. The van der Waals surface area contributed by atoms with Crippen LogP contribution in [0.4, 0.5) is 8.78 Å². The number of halogens is 2. The van der Waals surface area contributed by atoms with Crippen molar-refractivity contribution in [1.29, 1.82) is 0 Å². The van der Waals surface area contributed by atoms with Gasteiger partial charge in [-0.05, 0) is 17.5 Å². The number of aliphatic hydroxyl groups is 1. The van der Waals surface area contributed by atoms with Gasteiger partial charge in [0.25, 0.3) is 5.91 Å². The van der Waals surface area contributed by atoms with Gasteiger partial charge >= 0.3 is 0 Å². The average Bonchev–Trinajstić information content (AvgIpc) is 2.42. The van der Waals surface area contributed by atoms with Crippen LogP contribution in [0, 0.1) is 17.0 Å². The highest BCUT2D eigenvalue weighted by molar-refractivity contribution is 5.96. The summed E-state index contributed by atoms with van der Waals surface area (Å²) in [7, 11) is 1.53. The van der Waals surface area contributed by atoms with Crippen LogP contribution in [0.15, 0.2) is 18.2 Å². The molecule has 0 fully saturated rings. The van der Waals surface area contributed by atoms with Crippen molar-refractivity contribution in [2.24, 2.45) is 5.41 Å². The molecule has 0 spiro atoms. The first-order valence-electron chi connectivity index (χ1n) is 7.17. The van der Waals surface area contributed by atoms with E-state index in [4.69, 9.17) is 0 Å². The maximum Gasteiger partial charge on any atom is 0.251 e. The Hall–Kier alpha value is -2.02. The molecule has 0 bridgehead atoms. The van der Waals surface area contributed by atoms with Crippen LogP contribution >= 0.6 is 0 Å². The monoisotopic (exact) mass is 328 g/mol. The van der Waals surface area contributed by atoms with E-state index in [9.17, 15) is 23.5 Å². The number of likely N-dealkylation sites (N-methyl/N-ethyl adjacent to an activating group) is 1. The number of nitrogens with one attached hydrogen (secondary N) is 1. The van der Waals surface area contributed by atoms with Crippen LogP contribution in [-0.2, 0) is 4.79 Å². The van der Waals surface area contributed by atoms with Crippen molar-refractivity contribution in [3.05, 3.63) is 35.4 Å². The van der Waals surface area contributed by atoms with Gasteiger partial charge in [0, 0.05) is 18.7 Å². The van der Waals surface area contributed by atoms with Gasteiger partial charge in [-0.15, -0.1) is 0 Å². The lowest BCUT2D eigenvalue weighted by Crippen LogP contribution is -2.50. The Morgan fingerprint density at radius 2 is 1.74 bits per heavy atom. The summed E-state index contributed by atoms with van der Waals surface area (Å²) in [6.07, 6.45) is 0. The van der Waals surface area contributed by atoms with Gasteiger partial charge < -0.3 is 15.3 Å². The van der Waals surface area contributed by atoms with Gasteiger partial charge in [-0.1, -0.05) is 20.8 Å². The zero-order valence-corrected chi connectivity index (χ0v) is 13.7. The lowest BCUT2D eigenvalue weighted by Gasteiger charge is -2.36. The van der Waals surface area contributed by atoms with Gasteiger partial charge in [-0.25, -0.2) is 8.78 Å². The molecule has 2 amide bonds. The molecule has 0 heterocycles. The summed E-state index contributed by atoms with van der Waals surface area (Å²) in [6, 6.07) is 2.01. The molecular weight excluding hydrogens is 306 g/mol. The van der Waals surface area contributed by atoms with Crippen LogP contribution in [-0.4, -0.2) is 48.1 Å². The van der Waals surface area contributed by atoms with Crippen molar-refractivity contribution in [2.45, 2.75) is 26.8 Å². The average molecular weight is 328 g/mol. The number of benzene rings is 1. The van der Waals surface area contributed by atoms with Gasteiger partial charge in [0.15, 0.2) is 0 Å². The predicted molar refractivity (Wildman–Crippen MR) is 81.8 cm³/mol. The minimum Gasteiger partial charge on any atom is -0.394 e. The Balaban J connectivity index is 2.70. The fraction of sp³-hybridized carbons (Fsp3) is 0.500. The van der Waals surface area contributed by atoms with Gasteiger partial charge in [-0.3, -0.25) is 9.59 Å². The van der Waals surface area contributed by atoms with Crippen molar-refractivity contribution >= 4 is 11.8 Å². The Kier molecular flexibility index (Phi) is 6.20. The second-order valence-corrected chi connectivity index (χ2v) is 6.41. The largest absolute Gasteiger partial charge is 0.394 e. The highest BCUT2D eigenvalue weighted by Crippen LogP contribution is 2.23. The number of carbonyl (C=O) groups is 2. The summed E-state index contributed by atoms with van der Waals surface area (Å²) in [4.78, 5) is 25.3. The van der Waals surface area contributed by atoms with Crippen molar-refractivity contribution < 1.29 is 23.5 Å². The van der Waals surface area contributed by atoms with E-state index in [1.165, 1.54) is 11.9 Å². The van der Waals surface area contributed by atoms with Gasteiger partial charge in [0.2, 0.25) is 5.91 Å². The van der Waals surface area contributed by atoms with E-state index in [0.717, 1.165) is 12.1 Å². The van der Waals surface area contributed by atoms with E-state index >= 15 is 0 Å². The predicted octanol–water partition coefficient (Wildman–Crippen LogP) is 1.56. The summed E-state index contributed by atoms with van der Waals surface area (Å²) >= 11 is 0. The minimum atomic E-state index is -0.869. The molecule has 23 heavy (non-hydrogen) atoms. The topological polar surface area (TPSA) is 69.6 Å². The molecule has 1 rings (SSSR count). The zero-order chi connectivity index (χ0) is 17.8. The summed E-state index contributed by atoms with van der Waals surface area (Å²) in [5.74, 6) is -2.90. The normalized spacial score (nSPS) is 12.7. The number of hydrogen-bond acceptors (Lipinski definition) is 3. The van der Waals surface area contributed by atoms with E-state index in [0.29, 0.717) is 6.07 Å². The molecular formula is C16H22F2N2O3. The maximum absolute atomic E-state index is 13.1. The Labute approximate surface area is 134 Å². The smallest absolute Gasteiger partial charge is 0.251 e. The van der Waals surface area contributed by atoms with E-state index in [-0.39, 0.29) is 24.1 Å². The van der Waals surface area contributed by atoms with Crippen LogP contribution < -0.4 is 5.32 Å². The highest BCUT2D eigenvalue weighted by atomic mass is 19.1. The number of aliphatic hydroxyl groups excluding tert-OH is 1. The van der Waals surface area contributed by atoms with E-state index in [1.807, 2.05) is 20.8 Å². The summed E-state index contributed by atoms with van der Waals surface area (Å²) in [5.41, 5.74) is -0.540. The molecule has 0 aromatic heterocycles. The molecule has 1 aromatic carbocycles. The second-order valence-electron chi connectivity index (χ2n) is 6.41. The fourth-order valence-electron chi connectivity index (χ4n) is 2.22. The van der Waals surface area contributed by atoms with Crippen molar-refractivity contribution in [1.82, 2.24) is 10.2 Å². The van der Waals surface area contributed by atoms with Gasteiger partial charge in [0.1, 0.15) is 11.6 Å². The van der Waals surface area contributed by atoms with E-state index in [2.05, 4.69) is 5.32 Å². The molecule has 0 saturated carbocycles. The minimum absolute atomic E-state index is 0.201. The molecule has 2 N–H and O–H groups in total. The number of hydrogen-bond donors (Lipinski definition) is 2. The fourth-order valence-corrected chi connectivity index (χ4v) is 2.22. The Bertz CT molecular complexity index is 565. The molecule has 0 unspecified atom stereocenters. The maximum atomic E-state index is 13.1. The van der Waals surface area contributed by atoms with E-state index in [1.54, 1.807) is 0 Å². The summed E-state index contributed by atoms with van der Waals surface area (Å²) in [5, 5.41) is 11.8. The molecule has 0 aliphatic heterocycles. The standard InChI is InChI=1S/C16H22F2N2O3/c1-16(2,3)13(9-21)20(4)14(22)8-19-15(23)10-5-11(17)7-12(18)6-10/h5-7,13,21H,8-9H2,1-4H3,(H,19,23)/t13-/m0/s1. The lowest BCUT2D eigenvalue weighted by atomic mass is 9.86. The molecule has 128 valence electrons. The third kappa shape index (κ3) is 5.28. The number of amides is 2. The number of nitrogens with zero attached hydrogens (tertiary/aromatic N) is 1. The molecule has 0 aliphatic carbocycles. The van der Waals surface area contributed by atoms with Crippen molar-refractivity contribution in [3.63, 3.8) is 0 Å². The van der Waals surface area contributed by atoms with E-state index < -0.39 is 29.5 Å². The highest BCUT2D eigenvalue weighted by Gasteiger charge is 2.30. The first-order chi connectivity index (χ1) is 10.6. The van der Waals surface area contributed by atoms with Crippen LogP contribution in [0.2, 0.25) is 0 Å². The summed E-state index contributed by atoms with van der Waals surface area (Å²) in [6.45, 7) is 5.10. The zero-order valence-electron chi connectivity index (χ0n) is 13.7. The summed E-state index contributed by atoms with van der Waals surface area (Å²) < 4.78 is 26.2. The lowest BCUT2D eigenvalue weighted by molar-refractivity contribution is -0.134. The van der Waals surface area contributed by atoms with Crippen molar-refractivity contribution in [3.8, 4) is 0 Å². The number of rotatable bonds is 5. The Morgan fingerprint density at radius 3 is 2.17 bits per heavy atom. The van der Waals surface area contributed by atoms with Gasteiger partial charge in [0.05, 0.1) is 19.2 Å². The number of carbonyl (C=O) groups excluding carboxylic acids is 2.